The van der Waals surface area contributed by atoms with E-state index in [0.29, 0.717) is 0 Å². The van der Waals surface area contributed by atoms with Gasteiger partial charge in [-0.05, 0) is 24.3 Å². The van der Waals surface area contributed by atoms with E-state index in [-0.39, 0.29) is 11.5 Å². The minimum atomic E-state index is -4.40. The van der Waals surface area contributed by atoms with E-state index in [2.05, 4.69) is 0 Å². The third kappa shape index (κ3) is 4.01. The molecule has 0 spiro atoms. The first kappa shape index (κ1) is 15.4. The van der Waals surface area contributed by atoms with E-state index in [0.717, 1.165) is 0 Å². The Balaban J connectivity index is 2.29. The van der Waals surface area contributed by atoms with Gasteiger partial charge in [0.25, 0.3) is 0 Å². The second kappa shape index (κ2) is 6.67. The van der Waals surface area contributed by atoms with Gasteiger partial charge in [0, 0.05) is 0 Å². The summed E-state index contributed by atoms with van der Waals surface area (Å²) in [5, 5.41) is 7.00. The lowest BCUT2D eigenvalue weighted by atomic mass is 10.3. The Bertz CT molecular complexity index is 664. The minimum Gasteiger partial charge on any atom is -0.598 e. The van der Waals surface area contributed by atoms with Crippen LogP contribution < -0.4 is 14.4 Å². The maximum Gasteiger partial charge on any atom is 0.400 e. The molecule has 21 heavy (non-hydrogen) atoms. The van der Waals surface area contributed by atoms with Gasteiger partial charge in [-0.2, -0.15) is 8.42 Å². The van der Waals surface area contributed by atoms with E-state index < -0.39 is 22.2 Å². The van der Waals surface area contributed by atoms with Crippen LogP contribution in [0.4, 0.5) is 0 Å². The van der Waals surface area contributed by atoms with E-state index in [4.69, 9.17) is 14.6 Å². The van der Waals surface area contributed by atoms with Gasteiger partial charge in [0.2, 0.25) is 0 Å². The van der Waals surface area contributed by atoms with Gasteiger partial charge < -0.3 is 14.4 Å². The molecule has 2 aromatic rings. The van der Waals surface area contributed by atoms with Crippen LogP contribution >= 0.6 is 7.14 Å². The van der Waals surface area contributed by atoms with Crippen molar-refractivity contribution in [3.05, 3.63) is 60.7 Å². The zero-order chi connectivity index (χ0) is 15.3. The Morgan fingerprint density at radius 2 is 1.29 bits per heavy atom. The number of hydrogen-bond donors (Lipinski definition) is 1. The number of rotatable bonds is 6. The molecule has 2 aromatic carbocycles. The molecule has 0 fully saturated rings. The normalized spacial score (nSPS) is 12.0. The summed E-state index contributed by atoms with van der Waals surface area (Å²) in [7, 11) is -7.66. The molecule has 0 aliphatic heterocycles. The lowest BCUT2D eigenvalue weighted by Crippen LogP contribution is -2.32. The molecule has 1 atom stereocenters. The van der Waals surface area contributed by atoms with Gasteiger partial charge in [0.1, 0.15) is 11.5 Å². The van der Waals surface area contributed by atoms with Crippen LogP contribution in [0.25, 0.3) is 0 Å². The minimum absolute atomic E-state index is 0.235. The lowest BCUT2D eigenvalue weighted by molar-refractivity contribution is -0.151. The Hall–Kier alpha value is -1.95. The van der Waals surface area contributed by atoms with Gasteiger partial charge in [-0.15, -0.1) is 5.16 Å². The summed E-state index contributed by atoms with van der Waals surface area (Å²) in [4.78, 5) is 11.2. The van der Waals surface area contributed by atoms with Crippen molar-refractivity contribution >= 4 is 16.6 Å². The van der Waals surface area contributed by atoms with Gasteiger partial charge in [-0.25, -0.2) is 0 Å². The molecule has 1 N–H and O–H groups in total. The van der Waals surface area contributed by atoms with Gasteiger partial charge in [-0.1, -0.05) is 36.4 Å². The van der Waals surface area contributed by atoms with E-state index in [1.165, 1.54) is 24.3 Å². The highest BCUT2D eigenvalue weighted by atomic mass is 32.8. The van der Waals surface area contributed by atoms with Crippen LogP contribution in [-0.4, -0.2) is 14.0 Å². The van der Waals surface area contributed by atoms with Crippen molar-refractivity contribution < 1.29 is 22.8 Å². The highest BCUT2D eigenvalue weighted by molar-refractivity contribution is 8.44. The van der Waals surface area contributed by atoms with Gasteiger partial charge in [-0.3, -0.25) is 0 Å². The highest BCUT2D eigenvalue weighted by Crippen LogP contribution is 2.29. The summed E-state index contributed by atoms with van der Waals surface area (Å²) in [6, 6.07) is 16.2. The molecule has 1 unspecified atom stereocenters. The second-order valence-corrected chi connectivity index (χ2v) is 8.37. The summed E-state index contributed by atoms with van der Waals surface area (Å²) in [6.45, 7) is 0. The van der Waals surface area contributed by atoms with Crippen LogP contribution in [-0.2, 0) is 9.46 Å². The van der Waals surface area contributed by atoms with Crippen LogP contribution in [0.15, 0.2) is 60.7 Å². The van der Waals surface area contributed by atoms with Crippen LogP contribution in [0.1, 0.15) is 0 Å². The molecule has 0 radical (unpaired) electrons. The molecule has 0 bridgehead atoms. The molecule has 0 aliphatic rings. The maximum absolute atomic E-state index is 11.9. The van der Waals surface area contributed by atoms with Crippen molar-refractivity contribution in [2.75, 3.05) is 0 Å². The van der Waals surface area contributed by atoms with Crippen LogP contribution in [0, 0.1) is 5.16 Å². The fourth-order valence-corrected chi connectivity index (χ4v) is 2.79. The molecule has 6 nitrogen and oxygen atoms in total. The lowest BCUT2D eigenvalue weighted by Gasteiger charge is -2.17. The van der Waals surface area contributed by atoms with Crippen LogP contribution in [0.5, 0.6) is 11.5 Å². The molecule has 8 heteroatoms. The van der Waals surface area contributed by atoms with Crippen LogP contribution in [0.3, 0.4) is 0 Å². The Labute approximate surface area is 123 Å². The van der Waals surface area contributed by atoms with E-state index in [1.807, 2.05) is 0 Å². The molecule has 0 heterocycles. The maximum atomic E-state index is 11.9. The second-order valence-electron chi connectivity index (χ2n) is 3.92. The molecule has 110 valence electrons. The Kier molecular flexibility index (Phi) is 4.90. The first-order valence-electron chi connectivity index (χ1n) is 5.86. The smallest absolute Gasteiger partial charge is 0.400 e. The van der Waals surface area contributed by atoms with E-state index in [1.54, 1.807) is 36.4 Å². The summed E-state index contributed by atoms with van der Waals surface area (Å²) in [6.07, 6.45) is 0. The molecule has 0 saturated carbocycles. The highest BCUT2D eigenvalue weighted by Gasteiger charge is 2.38. The monoisotopic (exact) mass is 325 g/mol. The number of para-hydroxylation sites is 2. The predicted molar refractivity (Wildman–Crippen MR) is 76.5 cm³/mol. The Morgan fingerprint density at radius 3 is 1.62 bits per heavy atom. The van der Waals surface area contributed by atoms with Crippen molar-refractivity contribution in [3.8, 4) is 11.5 Å². The molecule has 0 aliphatic carbocycles. The summed E-state index contributed by atoms with van der Waals surface area (Å²) >= 11 is 0. The summed E-state index contributed by atoms with van der Waals surface area (Å²) < 4.78 is 34.3. The largest absolute Gasteiger partial charge is 0.598 e. The van der Waals surface area contributed by atoms with Gasteiger partial charge >= 0.3 is 22.2 Å². The topological polar surface area (TPSA) is 99.5 Å². The van der Waals surface area contributed by atoms with E-state index in [9.17, 15) is 13.3 Å². The van der Waals surface area contributed by atoms with Crippen molar-refractivity contribution in [2.45, 2.75) is 5.62 Å². The number of hydrogen-bond acceptors (Lipinski definition) is 6. The predicted octanol–water partition coefficient (Wildman–Crippen LogP) is 2.28. The standard InChI is InChI=1S/C13H12NO5PS/c14-20(15)21(16,17)13(18-11-7-3-1-4-8-11)19-12-9-5-2-6-10-12/h1-10,13-14H. The fraction of sp³-hybridized carbons (Fsp3) is 0.0769. The SMILES string of the molecule is N=[P+]([O-])S(=O)(=O)C(Oc1ccccc1)Oc1ccccc1. The van der Waals surface area contributed by atoms with Crippen molar-refractivity contribution in [1.29, 1.82) is 5.16 Å². The Morgan fingerprint density at radius 1 is 0.905 bits per heavy atom. The average molecular weight is 325 g/mol. The number of benzene rings is 2. The summed E-state index contributed by atoms with van der Waals surface area (Å²) in [5.74, 6) is 0.470. The molecular formula is C13H12NO5PS. The number of ether oxygens (including phenoxy) is 2. The van der Waals surface area contributed by atoms with Crippen molar-refractivity contribution in [2.24, 2.45) is 0 Å². The van der Waals surface area contributed by atoms with E-state index >= 15 is 0 Å². The van der Waals surface area contributed by atoms with Gasteiger partial charge in [0.05, 0.1) is 0 Å². The first-order valence-corrected chi connectivity index (χ1v) is 9.27. The third-order valence-electron chi connectivity index (χ3n) is 2.43. The molecular weight excluding hydrogens is 313 g/mol. The molecule has 0 saturated heterocycles. The van der Waals surface area contributed by atoms with Crippen molar-refractivity contribution in [3.63, 3.8) is 0 Å². The molecule has 2 rings (SSSR count). The summed E-state index contributed by atoms with van der Waals surface area (Å²) in [5.41, 5.74) is -1.84. The third-order valence-corrected chi connectivity index (χ3v) is 5.47. The van der Waals surface area contributed by atoms with Gasteiger partial charge in [0.15, 0.2) is 0 Å². The fourth-order valence-electron chi connectivity index (χ4n) is 1.44. The number of nitrogens with one attached hydrogen (secondary N) is 1. The zero-order valence-corrected chi connectivity index (χ0v) is 12.5. The molecule has 0 amide bonds. The first-order chi connectivity index (χ1) is 10.00. The average Bonchev–Trinajstić information content (AvgIpc) is 2.48. The zero-order valence-electron chi connectivity index (χ0n) is 10.7. The van der Waals surface area contributed by atoms with Crippen LogP contribution in [0.2, 0.25) is 0 Å². The van der Waals surface area contributed by atoms with Crippen molar-refractivity contribution in [1.82, 2.24) is 0 Å². The quantitative estimate of drug-likeness (QED) is 0.649. The molecule has 0 aromatic heterocycles.